The smallest absolute Gasteiger partial charge is 0.231 e. The Morgan fingerprint density at radius 1 is 1.15 bits per heavy atom. The minimum absolute atomic E-state index is 0.0987. The molecule has 0 atom stereocenters. The summed E-state index contributed by atoms with van der Waals surface area (Å²) in [5.74, 6) is 2.68. The Balaban J connectivity index is 1.17. The van der Waals surface area contributed by atoms with Gasteiger partial charge in [0.2, 0.25) is 18.6 Å². The van der Waals surface area contributed by atoms with Gasteiger partial charge < -0.3 is 19.3 Å². The Morgan fingerprint density at radius 3 is 2.70 bits per heavy atom. The summed E-state index contributed by atoms with van der Waals surface area (Å²) in [7, 11) is 0. The van der Waals surface area contributed by atoms with Crippen LogP contribution in [0.4, 0.5) is 0 Å². The number of amides is 2. The number of likely N-dealkylation sites (tertiary alicyclic amines) is 2. The maximum absolute atomic E-state index is 12.7. The predicted octanol–water partition coefficient (Wildman–Crippen LogP) is 2.21. The number of hydrogen-bond donors (Lipinski definition) is 0. The monoisotopic (exact) mass is 370 g/mol. The van der Waals surface area contributed by atoms with E-state index in [1.165, 1.54) is 12.8 Å². The number of nitrogens with zero attached hydrogens (tertiary/aromatic N) is 2. The molecule has 1 aliphatic carbocycles. The van der Waals surface area contributed by atoms with Crippen LogP contribution in [0.3, 0.4) is 0 Å². The predicted molar refractivity (Wildman–Crippen MR) is 98.4 cm³/mol. The Morgan fingerprint density at radius 2 is 1.93 bits per heavy atom. The van der Waals surface area contributed by atoms with E-state index in [9.17, 15) is 9.59 Å². The number of rotatable bonds is 4. The number of ether oxygens (including phenoxy) is 2. The second-order valence-electron chi connectivity index (χ2n) is 8.64. The van der Waals surface area contributed by atoms with Crippen molar-refractivity contribution in [2.24, 2.45) is 11.3 Å². The van der Waals surface area contributed by atoms with E-state index in [1.807, 2.05) is 23.1 Å². The molecule has 2 amide bonds. The molecule has 0 aromatic heterocycles. The lowest BCUT2D eigenvalue weighted by molar-refractivity contribution is -0.132. The van der Waals surface area contributed by atoms with Gasteiger partial charge in [-0.1, -0.05) is 6.07 Å². The molecule has 0 radical (unpaired) electrons. The molecule has 0 N–H and O–H groups in total. The van der Waals surface area contributed by atoms with Crippen molar-refractivity contribution in [3.05, 3.63) is 23.8 Å². The van der Waals surface area contributed by atoms with Crippen molar-refractivity contribution in [3.8, 4) is 11.5 Å². The quantitative estimate of drug-likeness (QED) is 0.815. The number of benzene rings is 1. The van der Waals surface area contributed by atoms with E-state index in [4.69, 9.17) is 9.47 Å². The van der Waals surface area contributed by atoms with E-state index in [0.717, 1.165) is 62.0 Å². The average molecular weight is 370 g/mol. The summed E-state index contributed by atoms with van der Waals surface area (Å²) < 4.78 is 10.7. The summed E-state index contributed by atoms with van der Waals surface area (Å²) in [5, 5.41) is 0. The minimum Gasteiger partial charge on any atom is -0.454 e. The second-order valence-corrected chi connectivity index (χ2v) is 8.64. The molecule has 144 valence electrons. The standard InChI is InChI=1S/C21H26N2O4/c24-19(10-16-3-4-17-18(9-16)27-14-26-17)22-7-5-21(6-8-22)11-20(25)23(13-21)12-15-1-2-15/h3-4,9,15H,1-2,5-8,10-14H2. The van der Waals surface area contributed by atoms with Crippen LogP contribution in [0.15, 0.2) is 18.2 Å². The van der Waals surface area contributed by atoms with Crippen LogP contribution in [0.5, 0.6) is 11.5 Å². The molecule has 1 saturated carbocycles. The molecule has 0 bridgehead atoms. The van der Waals surface area contributed by atoms with Crippen LogP contribution in [-0.2, 0) is 16.0 Å². The lowest BCUT2D eigenvalue weighted by atomic mass is 9.77. The maximum atomic E-state index is 12.7. The summed E-state index contributed by atoms with van der Waals surface area (Å²) >= 11 is 0. The van der Waals surface area contributed by atoms with Crippen molar-refractivity contribution in [3.63, 3.8) is 0 Å². The fraction of sp³-hybridized carbons (Fsp3) is 0.619. The van der Waals surface area contributed by atoms with Gasteiger partial charge in [-0.3, -0.25) is 9.59 Å². The Hall–Kier alpha value is -2.24. The lowest BCUT2D eigenvalue weighted by Gasteiger charge is -2.39. The van der Waals surface area contributed by atoms with Crippen LogP contribution < -0.4 is 9.47 Å². The van der Waals surface area contributed by atoms with Crippen LogP contribution in [-0.4, -0.2) is 54.6 Å². The van der Waals surface area contributed by atoms with Gasteiger partial charge in [0, 0.05) is 38.0 Å². The maximum Gasteiger partial charge on any atom is 0.231 e. The highest BCUT2D eigenvalue weighted by Crippen LogP contribution is 2.43. The number of carbonyl (C=O) groups excluding carboxylic acids is 2. The van der Waals surface area contributed by atoms with Crippen molar-refractivity contribution in [2.45, 2.75) is 38.5 Å². The number of piperidine rings is 1. The largest absolute Gasteiger partial charge is 0.454 e. The van der Waals surface area contributed by atoms with E-state index in [-0.39, 0.29) is 18.1 Å². The molecular weight excluding hydrogens is 344 g/mol. The summed E-state index contributed by atoms with van der Waals surface area (Å²) in [4.78, 5) is 29.2. The minimum atomic E-state index is 0.0987. The number of hydrogen-bond acceptors (Lipinski definition) is 4. The molecule has 3 fully saturated rings. The zero-order valence-corrected chi connectivity index (χ0v) is 15.6. The van der Waals surface area contributed by atoms with Crippen LogP contribution in [0.1, 0.15) is 37.7 Å². The fourth-order valence-electron chi connectivity index (χ4n) is 4.66. The molecule has 1 spiro atoms. The van der Waals surface area contributed by atoms with Gasteiger partial charge in [0.1, 0.15) is 0 Å². The Kier molecular flexibility index (Phi) is 4.02. The third-order valence-electron chi connectivity index (χ3n) is 6.55. The third kappa shape index (κ3) is 3.37. The Labute approximate surface area is 159 Å². The van der Waals surface area contributed by atoms with Crippen molar-refractivity contribution < 1.29 is 19.1 Å². The first-order valence-electron chi connectivity index (χ1n) is 10.0. The van der Waals surface area contributed by atoms with Crippen molar-refractivity contribution >= 4 is 11.8 Å². The van der Waals surface area contributed by atoms with Gasteiger partial charge in [-0.25, -0.2) is 0 Å². The zero-order valence-electron chi connectivity index (χ0n) is 15.6. The van der Waals surface area contributed by atoms with Crippen molar-refractivity contribution in [2.75, 3.05) is 33.0 Å². The molecule has 6 heteroatoms. The highest BCUT2D eigenvalue weighted by Gasteiger charge is 2.46. The van der Waals surface area contributed by atoms with Crippen LogP contribution in [0.25, 0.3) is 0 Å². The average Bonchev–Trinajstić information content (AvgIpc) is 3.26. The molecule has 3 aliphatic heterocycles. The first-order chi connectivity index (χ1) is 13.1. The van der Waals surface area contributed by atoms with E-state index in [2.05, 4.69) is 4.90 Å². The van der Waals surface area contributed by atoms with E-state index in [0.29, 0.717) is 18.7 Å². The molecule has 0 unspecified atom stereocenters. The van der Waals surface area contributed by atoms with Gasteiger partial charge in [0.05, 0.1) is 6.42 Å². The van der Waals surface area contributed by atoms with E-state index < -0.39 is 0 Å². The van der Waals surface area contributed by atoms with Gasteiger partial charge in [0.15, 0.2) is 11.5 Å². The van der Waals surface area contributed by atoms with Gasteiger partial charge >= 0.3 is 0 Å². The number of fused-ring (bicyclic) bond motifs is 1. The first-order valence-corrected chi connectivity index (χ1v) is 10.0. The summed E-state index contributed by atoms with van der Waals surface area (Å²) in [6.07, 6.45) is 5.48. The second kappa shape index (κ2) is 6.43. The first kappa shape index (κ1) is 16.9. The highest BCUT2D eigenvalue weighted by atomic mass is 16.7. The molecular formula is C21H26N2O4. The highest BCUT2D eigenvalue weighted by molar-refractivity contribution is 5.81. The van der Waals surface area contributed by atoms with Gasteiger partial charge in [-0.15, -0.1) is 0 Å². The van der Waals surface area contributed by atoms with Gasteiger partial charge in [-0.2, -0.15) is 0 Å². The molecule has 2 saturated heterocycles. The topological polar surface area (TPSA) is 59.1 Å². The molecule has 6 nitrogen and oxygen atoms in total. The lowest BCUT2D eigenvalue weighted by Crippen LogP contribution is -2.44. The fourth-order valence-corrected chi connectivity index (χ4v) is 4.66. The summed E-state index contributed by atoms with van der Waals surface area (Å²) in [6.45, 7) is 3.61. The van der Waals surface area contributed by atoms with Crippen molar-refractivity contribution in [1.29, 1.82) is 0 Å². The van der Waals surface area contributed by atoms with Gasteiger partial charge in [-0.05, 0) is 49.3 Å². The molecule has 27 heavy (non-hydrogen) atoms. The molecule has 1 aromatic carbocycles. The zero-order chi connectivity index (χ0) is 18.4. The third-order valence-corrected chi connectivity index (χ3v) is 6.55. The van der Waals surface area contributed by atoms with Gasteiger partial charge in [0.25, 0.3) is 0 Å². The molecule has 1 aromatic rings. The van der Waals surface area contributed by atoms with E-state index >= 15 is 0 Å². The SMILES string of the molecule is O=C(Cc1ccc2c(c1)OCO2)N1CCC2(CC1)CC(=O)N(CC1CC1)C2. The van der Waals surface area contributed by atoms with Crippen LogP contribution in [0, 0.1) is 11.3 Å². The summed E-state index contributed by atoms with van der Waals surface area (Å²) in [5.41, 5.74) is 1.05. The molecule has 5 rings (SSSR count). The van der Waals surface area contributed by atoms with Crippen LogP contribution >= 0.6 is 0 Å². The summed E-state index contributed by atoms with van der Waals surface area (Å²) in [6, 6.07) is 5.70. The number of carbonyl (C=O) groups is 2. The Bertz CT molecular complexity index is 765. The van der Waals surface area contributed by atoms with Crippen molar-refractivity contribution in [1.82, 2.24) is 9.80 Å². The van der Waals surface area contributed by atoms with E-state index in [1.54, 1.807) is 0 Å². The normalized spacial score (nSPS) is 23.3. The molecule has 4 aliphatic rings. The molecule has 3 heterocycles. The van der Waals surface area contributed by atoms with Crippen LogP contribution in [0.2, 0.25) is 0 Å².